The Labute approximate surface area is 200 Å². The predicted octanol–water partition coefficient (Wildman–Crippen LogP) is 6.14. The Morgan fingerprint density at radius 1 is 0.882 bits per heavy atom. The Morgan fingerprint density at radius 2 is 1.53 bits per heavy atom. The summed E-state index contributed by atoms with van der Waals surface area (Å²) in [7, 11) is 0. The molecule has 172 valence electrons. The fourth-order valence-corrected chi connectivity index (χ4v) is 6.15. The molecule has 2 heterocycles. The van der Waals surface area contributed by atoms with Gasteiger partial charge in [-0.1, -0.05) is 78.9 Å². The van der Waals surface area contributed by atoms with Crippen LogP contribution in [0.15, 0.2) is 78.9 Å². The fraction of sp³-hybridized carbons (Fsp3) is 0.300. The monoisotopic (exact) mass is 451 g/mol. The van der Waals surface area contributed by atoms with Gasteiger partial charge in [0.1, 0.15) is 6.61 Å². The minimum atomic E-state index is -0.206. The molecule has 1 fully saturated rings. The van der Waals surface area contributed by atoms with E-state index in [2.05, 4.69) is 60.7 Å². The molecule has 34 heavy (non-hydrogen) atoms. The first-order valence-corrected chi connectivity index (χ1v) is 12.3. The number of hydrogen-bond donors (Lipinski definition) is 1. The van der Waals surface area contributed by atoms with E-state index in [1.165, 1.54) is 27.8 Å². The van der Waals surface area contributed by atoms with Gasteiger partial charge in [-0.15, -0.1) is 0 Å². The number of benzene rings is 3. The van der Waals surface area contributed by atoms with E-state index >= 15 is 0 Å². The number of hydrogen-bond acceptors (Lipinski definition) is 3. The van der Waals surface area contributed by atoms with E-state index in [4.69, 9.17) is 4.74 Å². The van der Waals surface area contributed by atoms with Crippen LogP contribution in [0.4, 0.5) is 4.79 Å². The highest BCUT2D eigenvalue weighted by Crippen LogP contribution is 2.45. The van der Waals surface area contributed by atoms with Gasteiger partial charge in [-0.25, -0.2) is 4.79 Å². The third-order valence-electron chi connectivity index (χ3n) is 7.72. The zero-order chi connectivity index (χ0) is 23.1. The van der Waals surface area contributed by atoms with Crippen molar-refractivity contribution < 1.29 is 14.6 Å². The first-order chi connectivity index (χ1) is 16.7. The summed E-state index contributed by atoms with van der Waals surface area (Å²) in [5.74, 6) is 0.0727. The second kappa shape index (κ2) is 8.77. The molecule has 3 aromatic carbocycles. The third kappa shape index (κ3) is 3.54. The van der Waals surface area contributed by atoms with Crippen LogP contribution in [0.5, 0.6) is 0 Å². The molecule has 0 radical (unpaired) electrons. The normalized spacial score (nSPS) is 21.0. The second-order valence-electron chi connectivity index (χ2n) is 9.57. The fourth-order valence-electron chi connectivity index (χ4n) is 6.15. The summed E-state index contributed by atoms with van der Waals surface area (Å²) in [4.78, 5) is 15.4. The number of aliphatic hydroxyl groups is 1. The molecule has 4 heteroatoms. The molecule has 2 unspecified atom stereocenters. The average Bonchev–Trinajstić information content (AvgIpc) is 3.20. The highest BCUT2D eigenvalue weighted by molar-refractivity contribution is 5.79. The third-order valence-corrected chi connectivity index (χ3v) is 7.72. The van der Waals surface area contributed by atoms with Gasteiger partial charge in [-0.2, -0.15) is 0 Å². The minimum Gasteiger partial charge on any atom is -0.448 e. The molecule has 1 saturated heterocycles. The van der Waals surface area contributed by atoms with Crippen molar-refractivity contribution in [3.05, 3.63) is 101 Å². The quantitative estimate of drug-likeness (QED) is 0.518. The molecular weight excluding hydrogens is 422 g/mol. The van der Waals surface area contributed by atoms with Crippen molar-refractivity contribution in [1.29, 1.82) is 0 Å². The van der Waals surface area contributed by atoms with Crippen molar-refractivity contribution >= 4 is 11.7 Å². The Kier molecular flexibility index (Phi) is 5.46. The first kappa shape index (κ1) is 21.2. The second-order valence-corrected chi connectivity index (χ2v) is 9.57. The lowest BCUT2D eigenvalue weighted by molar-refractivity contribution is 0.0538. The van der Waals surface area contributed by atoms with Crippen LogP contribution in [0.3, 0.4) is 0 Å². The number of amides is 1. The number of piperidine rings is 1. The van der Waals surface area contributed by atoms with Crippen LogP contribution in [0, 0.1) is 0 Å². The van der Waals surface area contributed by atoms with Crippen LogP contribution in [0.1, 0.15) is 53.9 Å². The molecule has 0 saturated carbocycles. The van der Waals surface area contributed by atoms with E-state index in [0.29, 0.717) is 6.61 Å². The molecule has 1 aliphatic carbocycles. The molecule has 1 N–H and O–H groups in total. The van der Waals surface area contributed by atoms with Crippen LogP contribution >= 0.6 is 0 Å². The SMILES string of the molecule is O=C(OCC1c2ccccc2-c2ccccc21)N1C2C=C(c3ccccc3CO)CC1CCC2. The van der Waals surface area contributed by atoms with E-state index in [1.54, 1.807) is 0 Å². The van der Waals surface area contributed by atoms with Crippen molar-refractivity contribution in [2.24, 2.45) is 0 Å². The van der Waals surface area contributed by atoms with Crippen molar-refractivity contribution in [3.63, 3.8) is 0 Å². The number of nitrogens with zero attached hydrogens (tertiary/aromatic N) is 1. The highest BCUT2D eigenvalue weighted by atomic mass is 16.6. The summed E-state index contributed by atoms with van der Waals surface area (Å²) in [6.45, 7) is 0.381. The lowest BCUT2D eigenvalue weighted by Gasteiger charge is -2.44. The predicted molar refractivity (Wildman–Crippen MR) is 133 cm³/mol. The summed E-state index contributed by atoms with van der Waals surface area (Å²) in [5.41, 5.74) is 8.24. The van der Waals surface area contributed by atoms with Crippen LogP contribution < -0.4 is 0 Å². The Bertz CT molecular complexity index is 1220. The largest absolute Gasteiger partial charge is 0.448 e. The topological polar surface area (TPSA) is 49.8 Å². The molecule has 3 aromatic rings. The van der Waals surface area contributed by atoms with Crippen LogP contribution in [-0.2, 0) is 11.3 Å². The lowest BCUT2D eigenvalue weighted by atomic mass is 9.82. The molecule has 4 nitrogen and oxygen atoms in total. The van der Waals surface area contributed by atoms with Gasteiger partial charge in [-0.3, -0.25) is 4.90 Å². The summed E-state index contributed by atoms with van der Waals surface area (Å²) in [5, 5.41) is 9.79. The summed E-state index contributed by atoms with van der Waals surface area (Å²) >= 11 is 0. The van der Waals surface area contributed by atoms with Crippen molar-refractivity contribution in [3.8, 4) is 11.1 Å². The summed E-state index contributed by atoms with van der Waals surface area (Å²) < 4.78 is 6.02. The number of fused-ring (bicyclic) bond motifs is 5. The molecule has 3 aliphatic rings. The number of aliphatic hydroxyl groups excluding tert-OH is 1. The lowest BCUT2D eigenvalue weighted by Crippen LogP contribution is -2.52. The van der Waals surface area contributed by atoms with E-state index in [-0.39, 0.29) is 30.7 Å². The highest BCUT2D eigenvalue weighted by Gasteiger charge is 2.39. The van der Waals surface area contributed by atoms with Crippen molar-refractivity contribution in [2.45, 2.75) is 50.3 Å². The number of rotatable bonds is 4. The van der Waals surface area contributed by atoms with Crippen LogP contribution in [0.2, 0.25) is 0 Å². The average molecular weight is 452 g/mol. The van der Waals surface area contributed by atoms with Gasteiger partial charge >= 0.3 is 6.09 Å². The maximum Gasteiger partial charge on any atom is 0.410 e. The number of ether oxygens (including phenoxy) is 1. The Balaban J connectivity index is 1.23. The van der Waals surface area contributed by atoms with Gasteiger partial charge in [0.05, 0.1) is 12.6 Å². The van der Waals surface area contributed by atoms with E-state index in [0.717, 1.165) is 36.8 Å². The van der Waals surface area contributed by atoms with Gasteiger partial charge < -0.3 is 9.84 Å². The summed E-state index contributed by atoms with van der Waals surface area (Å²) in [6, 6.07) is 25.1. The molecular formula is C30H29NO3. The molecule has 2 bridgehead atoms. The van der Waals surface area contributed by atoms with Gasteiger partial charge in [0.2, 0.25) is 0 Å². The first-order valence-electron chi connectivity index (χ1n) is 12.3. The van der Waals surface area contributed by atoms with Crippen LogP contribution in [-0.4, -0.2) is 34.8 Å². The number of carbonyl (C=O) groups excluding carboxylic acids is 1. The molecule has 6 rings (SSSR count). The van der Waals surface area contributed by atoms with E-state index in [9.17, 15) is 9.90 Å². The number of carbonyl (C=O) groups is 1. The van der Waals surface area contributed by atoms with Gasteiger partial charge in [0, 0.05) is 12.0 Å². The van der Waals surface area contributed by atoms with Gasteiger partial charge in [0.15, 0.2) is 0 Å². The smallest absolute Gasteiger partial charge is 0.410 e. The molecule has 0 spiro atoms. The maximum absolute atomic E-state index is 13.4. The standard InChI is InChI=1S/C30H29NO3/c32-18-20-8-1-2-11-24(20)21-16-22-9-7-10-23(17-21)31(22)30(33)34-19-29-27-14-5-3-12-25(27)26-13-4-6-15-28(26)29/h1-6,8,11-16,22-23,29,32H,7,9-10,17-19H2. The summed E-state index contributed by atoms with van der Waals surface area (Å²) in [6.07, 6.45) is 5.88. The molecule has 2 atom stereocenters. The minimum absolute atomic E-state index is 0.0267. The van der Waals surface area contributed by atoms with Crippen LogP contribution in [0.25, 0.3) is 16.7 Å². The molecule has 1 amide bonds. The molecule has 2 aliphatic heterocycles. The Hall–Kier alpha value is -3.37. The van der Waals surface area contributed by atoms with Gasteiger partial charge in [0.25, 0.3) is 0 Å². The van der Waals surface area contributed by atoms with Crippen molar-refractivity contribution in [2.75, 3.05) is 6.61 Å². The Morgan fingerprint density at radius 3 is 2.21 bits per heavy atom. The zero-order valence-corrected chi connectivity index (χ0v) is 19.2. The van der Waals surface area contributed by atoms with Gasteiger partial charge in [-0.05, 0) is 64.6 Å². The van der Waals surface area contributed by atoms with E-state index in [1.807, 2.05) is 23.1 Å². The maximum atomic E-state index is 13.4. The molecule has 0 aromatic heterocycles. The van der Waals surface area contributed by atoms with Crippen molar-refractivity contribution in [1.82, 2.24) is 4.90 Å². The zero-order valence-electron chi connectivity index (χ0n) is 19.2. The van der Waals surface area contributed by atoms with E-state index < -0.39 is 0 Å².